The van der Waals surface area contributed by atoms with Crippen LogP contribution in [0.4, 0.5) is 5.69 Å². The van der Waals surface area contributed by atoms with Gasteiger partial charge in [-0.1, -0.05) is 24.3 Å². The quantitative estimate of drug-likeness (QED) is 0.844. The minimum absolute atomic E-state index is 0.0789. The first kappa shape index (κ1) is 16.9. The molecule has 1 amide bonds. The van der Waals surface area contributed by atoms with Crippen LogP contribution in [0, 0.1) is 0 Å². The highest BCUT2D eigenvalue weighted by molar-refractivity contribution is 6.13. The van der Waals surface area contributed by atoms with E-state index in [9.17, 15) is 9.59 Å². The number of hydrogen-bond acceptors (Lipinski definition) is 3. The number of rotatable bonds is 5. The molecular formula is C20H20N2O3. The number of amides is 1. The molecule has 1 N–H and O–H groups in total. The molecule has 25 heavy (non-hydrogen) atoms. The lowest BCUT2D eigenvalue weighted by atomic mass is 9.94. The zero-order valence-corrected chi connectivity index (χ0v) is 14.1. The Balaban J connectivity index is 2.01. The van der Waals surface area contributed by atoms with Crippen molar-refractivity contribution in [3.8, 4) is 0 Å². The number of nitrogens with zero attached hydrogens (tertiary/aromatic N) is 2. The van der Waals surface area contributed by atoms with Crippen LogP contribution in [-0.2, 0) is 4.79 Å². The van der Waals surface area contributed by atoms with Gasteiger partial charge in [-0.2, -0.15) is 0 Å². The number of anilines is 1. The van der Waals surface area contributed by atoms with Gasteiger partial charge in [-0.05, 0) is 42.5 Å². The maximum atomic E-state index is 12.8. The van der Waals surface area contributed by atoms with E-state index in [0.717, 1.165) is 35.2 Å². The van der Waals surface area contributed by atoms with Crippen LogP contribution in [-0.4, -0.2) is 29.0 Å². The van der Waals surface area contributed by atoms with Gasteiger partial charge in [0.25, 0.3) is 5.91 Å². The molecule has 5 nitrogen and oxygen atoms in total. The molecule has 5 heteroatoms. The van der Waals surface area contributed by atoms with Crippen LogP contribution in [0.15, 0.2) is 48.8 Å². The molecule has 2 aromatic rings. The minimum Gasteiger partial charge on any atom is -0.481 e. The highest BCUT2D eigenvalue weighted by atomic mass is 16.4. The topological polar surface area (TPSA) is 70.5 Å². The molecule has 0 spiro atoms. The van der Waals surface area contributed by atoms with E-state index in [1.54, 1.807) is 24.3 Å². The van der Waals surface area contributed by atoms with Crippen molar-refractivity contribution in [1.82, 2.24) is 4.98 Å². The second-order valence-corrected chi connectivity index (χ2v) is 6.06. The van der Waals surface area contributed by atoms with Gasteiger partial charge in [-0.15, -0.1) is 0 Å². The second kappa shape index (κ2) is 7.30. The number of aliphatic carboxylic acids is 1. The Hall–Kier alpha value is -2.95. The lowest BCUT2D eigenvalue weighted by molar-refractivity contribution is -0.137. The van der Waals surface area contributed by atoms with Gasteiger partial charge in [0.2, 0.25) is 0 Å². The summed E-state index contributed by atoms with van der Waals surface area (Å²) >= 11 is 0. The monoisotopic (exact) mass is 336 g/mol. The maximum absolute atomic E-state index is 12.8. The number of carboxylic acid groups (broad SMARTS) is 1. The first-order chi connectivity index (χ1) is 12.1. The Bertz CT molecular complexity index is 842. The third-order valence-electron chi connectivity index (χ3n) is 4.40. The zero-order chi connectivity index (χ0) is 17.8. The van der Waals surface area contributed by atoms with Crippen LogP contribution in [0.25, 0.3) is 5.57 Å². The molecule has 3 rings (SSSR count). The predicted octanol–water partition coefficient (Wildman–Crippen LogP) is 3.75. The van der Waals surface area contributed by atoms with Crippen molar-refractivity contribution >= 4 is 23.1 Å². The summed E-state index contributed by atoms with van der Waals surface area (Å²) in [4.78, 5) is 29.2. The number of benzene rings is 1. The molecule has 2 heterocycles. The first-order valence-electron chi connectivity index (χ1n) is 8.33. The third kappa shape index (κ3) is 3.45. The fourth-order valence-electron chi connectivity index (χ4n) is 3.12. The summed E-state index contributed by atoms with van der Waals surface area (Å²) in [5.41, 5.74) is 4.32. The van der Waals surface area contributed by atoms with Crippen molar-refractivity contribution in [3.05, 3.63) is 65.5 Å². The van der Waals surface area contributed by atoms with Crippen molar-refractivity contribution in [3.63, 3.8) is 0 Å². The Labute approximate surface area is 146 Å². The number of pyridine rings is 1. The van der Waals surface area contributed by atoms with E-state index in [4.69, 9.17) is 5.11 Å². The molecule has 1 aromatic carbocycles. The fraction of sp³-hybridized carbons (Fsp3) is 0.250. The number of carbonyl (C=O) groups is 2. The standard InChI is InChI=1S/C20H20N2O3/c1-22-18-9-6-5-8-16(18)14(7-3-2-4-10-19(23)24)15-11-12-21-13-17(15)20(22)25/h5-9,11-13H,2-4,10H2,1H3,(H,23,24)/b14-7+. The Morgan fingerprint density at radius 3 is 2.76 bits per heavy atom. The highest BCUT2D eigenvalue weighted by Gasteiger charge is 2.26. The Kier molecular flexibility index (Phi) is 4.93. The summed E-state index contributed by atoms with van der Waals surface area (Å²) in [5.74, 6) is -0.846. The van der Waals surface area contributed by atoms with E-state index in [1.165, 1.54) is 0 Å². The molecule has 1 aliphatic heterocycles. The van der Waals surface area contributed by atoms with E-state index in [-0.39, 0.29) is 12.3 Å². The van der Waals surface area contributed by atoms with Gasteiger partial charge >= 0.3 is 5.97 Å². The number of carboxylic acids is 1. The molecule has 128 valence electrons. The molecule has 0 radical (unpaired) electrons. The van der Waals surface area contributed by atoms with Crippen LogP contribution < -0.4 is 4.90 Å². The number of hydrogen-bond donors (Lipinski definition) is 1. The normalized spacial score (nSPS) is 14.8. The molecule has 0 bridgehead atoms. The van der Waals surface area contributed by atoms with Gasteiger partial charge in [0, 0.05) is 31.4 Å². The van der Waals surface area contributed by atoms with E-state index in [2.05, 4.69) is 11.1 Å². The Morgan fingerprint density at radius 2 is 1.96 bits per heavy atom. The number of unbranched alkanes of at least 4 members (excludes halogenated alkanes) is 2. The van der Waals surface area contributed by atoms with Crippen molar-refractivity contribution in [2.75, 3.05) is 11.9 Å². The number of fused-ring (bicyclic) bond motifs is 2. The van der Waals surface area contributed by atoms with Crippen molar-refractivity contribution in [2.24, 2.45) is 0 Å². The zero-order valence-electron chi connectivity index (χ0n) is 14.1. The molecule has 0 fully saturated rings. The molecule has 1 aliphatic rings. The van der Waals surface area contributed by atoms with E-state index in [1.807, 2.05) is 30.3 Å². The van der Waals surface area contributed by atoms with Gasteiger partial charge in [0.05, 0.1) is 11.3 Å². The number of allylic oxidation sites excluding steroid dienone is 1. The summed E-state index contributed by atoms with van der Waals surface area (Å²) in [6.07, 6.45) is 7.78. The summed E-state index contributed by atoms with van der Waals surface area (Å²) in [6, 6.07) is 9.69. The SMILES string of the molecule is CN1C(=O)c2cnccc2/C(=C\CCCCC(=O)O)c2ccccc21. The van der Waals surface area contributed by atoms with Crippen LogP contribution in [0.5, 0.6) is 0 Å². The van der Waals surface area contributed by atoms with Crippen LogP contribution in [0.3, 0.4) is 0 Å². The van der Waals surface area contributed by atoms with Gasteiger partial charge < -0.3 is 10.0 Å². The molecular weight excluding hydrogens is 316 g/mol. The van der Waals surface area contributed by atoms with Crippen molar-refractivity contribution in [1.29, 1.82) is 0 Å². The van der Waals surface area contributed by atoms with Crippen molar-refractivity contribution in [2.45, 2.75) is 25.7 Å². The first-order valence-corrected chi connectivity index (χ1v) is 8.33. The van der Waals surface area contributed by atoms with Gasteiger partial charge in [-0.3, -0.25) is 14.6 Å². The number of para-hydroxylation sites is 1. The van der Waals surface area contributed by atoms with Gasteiger partial charge in [0.1, 0.15) is 0 Å². The molecule has 0 aliphatic carbocycles. The average Bonchev–Trinajstić information content (AvgIpc) is 2.71. The van der Waals surface area contributed by atoms with Crippen LogP contribution in [0.2, 0.25) is 0 Å². The lowest BCUT2D eigenvalue weighted by Gasteiger charge is -2.17. The van der Waals surface area contributed by atoms with E-state index in [0.29, 0.717) is 12.0 Å². The average molecular weight is 336 g/mol. The maximum Gasteiger partial charge on any atom is 0.303 e. The molecule has 0 saturated carbocycles. The molecule has 0 unspecified atom stereocenters. The van der Waals surface area contributed by atoms with E-state index >= 15 is 0 Å². The number of carbonyl (C=O) groups excluding carboxylic acids is 1. The molecule has 0 saturated heterocycles. The summed E-state index contributed by atoms with van der Waals surface area (Å²) in [7, 11) is 1.77. The van der Waals surface area contributed by atoms with Gasteiger partial charge in [-0.25, -0.2) is 0 Å². The smallest absolute Gasteiger partial charge is 0.303 e. The highest BCUT2D eigenvalue weighted by Crippen LogP contribution is 2.37. The van der Waals surface area contributed by atoms with Gasteiger partial charge in [0.15, 0.2) is 0 Å². The summed E-state index contributed by atoms with van der Waals surface area (Å²) in [6.45, 7) is 0. The largest absolute Gasteiger partial charge is 0.481 e. The lowest BCUT2D eigenvalue weighted by Crippen LogP contribution is -2.26. The third-order valence-corrected chi connectivity index (χ3v) is 4.40. The van der Waals surface area contributed by atoms with Crippen molar-refractivity contribution < 1.29 is 14.7 Å². The molecule has 1 aromatic heterocycles. The second-order valence-electron chi connectivity index (χ2n) is 6.06. The Morgan fingerprint density at radius 1 is 1.16 bits per heavy atom. The number of aromatic nitrogens is 1. The van der Waals surface area contributed by atoms with Crippen LogP contribution in [0.1, 0.15) is 47.2 Å². The predicted molar refractivity (Wildman–Crippen MR) is 96.6 cm³/mol. The van der Waals surface area contributed by atoms with E-state index < -0.39 is 5.97 Å². The van der Waals surface area contributed by atoms with Crippen LogP contribution >= 0.6 is 0 Å². The summed E-state index contributed by atoms with van der Waals surface area (Å²) < 4.78 is 0. The minimum atomic E-state index is -0.767. The summed E-state index contributed by atoms with van der Waals surface area (Å²) in [5, 5.41) is 8.75. The fourth-order valence-corrected chi connectivity index (χ4v) is 3.12. The molecule has 0 atom stereocenters.